The van der Waals surface area contributed by atoms with Gasteiger partial charge in [0.2, 0.25) is 0 Å². The minimum Gasteiger partial charge on any atom is -0.378 e. The molecule has 0 aromatic rings. The maximum Gasteiger partial charge on any atom is 0.0599 e. The van der Waals surface area contributed by atoms with Crippen LogP contribution in [-0.4, -0.2) is 49.8 Å². The van der Waals surface area contributed by atoms with E-state index < -0.39 is 0 Å². The molecule has 2 rings (SSSR count). The fourth-order valence-corrected chi connectivity index (χ4v) is 3.76. The van der Waals surface area contributed by atoms with Crippen LogP contribution in [0.1, 0.15) is 58.3 Å². The van der Waals surface area contributed by atoms with Gasteiger partial charge < -0.3 is 15.0 Å². The molecule has 0 bridgehead atoms. The van der Waals surface area contributed by atoms with E-state index in [1.165, 1.54) is 71.0 Å². The van der Waals surface area contributed by atoms with Gasteiger partial charge in [-0.1, -0.05) is 19.3 Å². The van der Waals surface area contributed by atoms with Gasteiger partial charge >= 0.3 is 0 Å². The molecule has 3 heteroatoms. The summed E-state index contributed by atoms with van der Waals surface area (Å²) in [4.78, 5) is 2.64. The van der Waals surface area contributed by atoms with E-state index in [9.17, 15) is 0 Å². The number of ether oxygens (including phenoxy) is 1. The first kappa shape index (κ1) is 15.3. The van der Waals surface area contributed by atoms with Crippen LogP contribution in [0.2, 0.25) is 0 Å². The van der Waals surface area contributed by atoms with Crippen molar-refractivity contribution < 1.29 is 4.74 Å². The second-order valence-electron chi connectivity index (χ2n) is 6.34. The maximum absolute atomic E-state index is 5.73. The molecule has 1 aliphatic heterocycles. The van der Waals surface area contributed by atoms with Gasteiger partial charge in [0.1, 0.15) is 0 Å². The highest BCUT2D eigenvalue weighted by molar-refractivity contribution is 4.90. The first-order chi connectivity index (χ1) is 9.28. The van der Waals surface area contributed by atoms with Gasteiger partial charge in [-0.15, -0.1) is 0 Å². The van der Waals surface area contributed by atoms with Crippen LogP contribution in [0.4, 0.5) is 0 Å². The summed E-state index contributed by atoms with van der Waals surface area (Å²) in [5, 5.41) is 3.63. The quantitative estimate of drug-likeness (QED) is 0.801. The molecule has 0 aromatic carbocycles. The smallest absolute Gasteiger partial charge is 0.0599 e. The van der Waals surface area contributed by atoms with Crippen molar-refractivity contribution in [2.24, 2.45) is 0 Å². The third-order valence-corrected chi connectivity index (χ3v) is 5.18. The zero-order chi connectivity index (χ0) is 13.6. The first-order valence-corrected chi connectivity index (χ1v) is 8.31. The molecule has 19 heavy (non-hydrogen) atoms. The van der Waals surface area contributed by atoms with Crippen molar-refractivity contribution in [1.29, 1.82) is 0 Å². The summed E-state index contributed by atoms with van der Waals surface area (Å²) in [6, 6.07) is 0. The zero-order valence-electron chi connectivity index (χ0n) is 12.9. The van der Waals surface area contributed by atoms with Gasteiger partial charge in [-0.25, -0.2) is 0 Å². The number of rotatable bonds is 6. The van der Waals surface area contributed by atoms with Gasteiger partial charge in [-0.05, 0) is 52.6 Å². The van der Waals surface area contributed by atoms with E-state index in [1.54, 1.807) is 0 Å². The van der Waals surface area contributed by atoms with Crippen LogP contribution in [0.15, 0.2) is 0 Å². The number of piperidine rings is 1. The molecule has 1 saturated heterocycles. The average molecular weight is 268 g/mol. The summed E-state index contributed by atoms with van der Waals surface area (Å²) in [7, 11) is 2.16. The molecule has 0 unspecified atom stereocenters. The summed E-state index contributed by atoms with van der Waals surface area (Å²) in [6.45, 7) is 6.69. The molecule has 1 aliphatic carbocycles. The van der Waals surface area contributed by atoms with Gasteiger partial charge in [0, 0.05) is 25.2 Å². The highest BCUT2D eigenvalue weighted by atomic mass is 16.5. The standard InChI is InChI=1S/C16H32N2O/c1-3-19-15-7-12-18(13-8-15)14-11-16(17-2)9-5-4-6-10-16/h15,17H,3-14H2,1-2H3. The van der Waals surface area contributed by atoms with E-state index in [0.29, 0.717) is 11.6 Å². The van der Waals surface area contributed by atoms with Crippen molar-refractivity contribution in [3.8, 4) is 0 Å². The lowest BCUT2D eigenvalue weighted by atomic mass is 9.79. The summed E-state index contributed by atoms with van der Waals surface area (Å²) >= 11 is 0. The normalized spacial score (nSPS) is 25.6. The summed E-state index contributed by atoms with van der Waals surface area (Å²) in [5.74, 6) is 0. The van der Waals surface area contributed by atoms with Gasteiger partial charge in [-0.3, -0.25) is 0 Å². The minimum absolute atomic E-state index is 0.440. The third kappa shape index (κ3) is 4.44. The van der Waals surface area contributed by atoms with E-state index in [1.807, 2.05) is 0 Å². The van der Waals surface area contributed by atoms with Crippen molar-refractivity contribution >= 4 is 0 Å². The van der Waals surface area contributed by atoms with Crippen molar-refractivity contribution in [3.05, 3.63) is 0 Å². The van der Waals surface area contributed by atoms with Gasteiger partial charge in [-0.2, -0.15) is 0 Å². The Morgan fingerprint density at radius 1 is 1.16 bits per heavy atom. The third-order valence-electron chi connectivity index (χ3n) is 5.18. The van der Waals surface area contributed by atoms with Crippen LogP contribution in [0, 0.1) is 0 Å². The molecule has 112 valence electrons. The van der Waals surface area contributed by atoms with Crippen LogP contribution in [-0.2, 0) is 4.74 Å². The van der Waals surface area contributed by atoms with Crippen LogP contribution < -0.4 is 5.32 Å². The predicted molar refractivity (Wildman–Crippen MR) is 80.6 cm³/mol. The highest BCUT2D eigenvalue weighted by Crippen LogP contribution is 2.31. The van der Waals surface area contributed by atoms with E-state index in [-0.39, 0.29) is 0 Å². The largest absolute Gasteiger partial charge is 0.378 e. The van der Waals surface area contributed by atoms with E-state index in [0.717, 1.165) is 6.61 Å². The van der Waals surface area contributed by atoms with Crippen LogP contribution in [0.5, 0.6) is 0 Å². The van der Waals surface area contributed by atoms with Gasteiger partial charge in [0.15, 0.2) is 0 Å². The van der Waals surface area contributed by atoms with Crippen LogP contribution in [0.25, 0.3) is 0 Å². The van der Waals surface area contributed by atoms with Crippen molar-refractivity contribution in [1.82, 2.24) is 10.2 Å². The molecule has 0 amide bonds. The molecule has 1 heterocycles. The predicted octanol–water partition coefficient (Wildman–Crippen LogP) is 2.80. The Balaban J connectivity index is 1.70. The molecule has 0 aromatic heterocycles. The van der Waals surface area contributed by atoms with Crippen molar-refractivity contribution in [2.45, 2.75) is 69.9 Å². The molecule has 0 atom stereocenters. The van der Waals surface area contributed by atoms with E-state index in [4.69, 9.17) is 4.74 Å². The van der Waals surface area contributed by atoms with Gasteiger partial charge in [0.25, 0.3) is 0 Å². The Morgan fingerprint density at radius 3 is 2.42 bits per heavy atom. The van der Waals surface area contributed by atoms with Crippen molar-refractivity contribution in [2.75, 3.05) is 33.3 Å². The molecular weight excluding hydrogens is 236 g/mol. The number of nitrogens with one attached hydrogen (secondary N) is 1. The van der Waals surface area contributed by atoms with Gasteiger partial charge in [0.05, 0.1) is 6.10 Å². The molecule has 1 saturated carbocycles. The molecule has 0 radical (unpaired) electrons. The number of hydrogen-bond acceptors (Lipinski definition) is 3. The Morgan fingerprint density at radius 2 is 1.84 bits per heavy atom. The zero-order valence-corrected chi connectivity index (χ0v) is 12.9. The highest BCUT2D eigenvalue weighted by Gasteiger charge is 2.30. The van der Waals surface area contributed by atoms with E-state index in [2.05, 4.69) is 24.2 Å². The monoisotopic (exact) mass is 268 g/mol. The molecule has 3 nitrogen and oxygen atoms in total. The lowest BCUT2D eigenvalue weighted by molar-refractivity contribution is 0.0119. The second-order valence-corrected chi connectivity index (χ2v) is 6.34. The fraction of sp³-hybridized carbons (Fsp3) is 1.00. The summed E-state index contributed by atoms with van der Waals surface area (Å²) in [6.07, 6.45) is 11.3. The Hall–Kier alpha value is -0.120. The number of hydrogen-bond donors (Lipinski definition) is 1. The molecule has 0 spiro atoms. The average Bonchev–Trinajstić information content (AvgIpc) is 2.48. The Labute approximate surface area is 119 Å². The summed E-state index contributed by atoms with van der Waals surface area (Å²) < 4.78 is 5.73. The van der Waals surface area contributed by atoms with Crippen molar-refractivity contribution in [3.63, 3.8) is 0 Å². The first-order valence-electron chi connectivity index (χ1n) is 8.31. The lowest BCUT2D eigenvalue weighted by Crippen LogP contribution is -2.48. The SMILES string of the molecule is CCOC1CCN(CCC2(NC)CCCCC2)CC1. The molecule has 2 aliphatic rings. The van der Waals surface area contributed by atoms with Crippen LogP contribution >= 0.6 is 0 Å². The molecular formula is C16H32N2O. The lowest BCUT2D eigenvalue weighted by Gasteiger charge is -2.40. The molecule has 2 fully saturated rings. The maximum atomic E-state index is 5.73. The Kier molecular flexibility index (Phi) is 6.11. The fourth-order valence-electron chi connectivity index (χ4n) is 3.76. The topological polar surface area (TPSA) is 24.5 Å². The van der Waals surface area contributed by atoms with Crippen LogP contribution in [0.3, 0.4) is 0 Å². The summed E-state index contributed by atoms with van der Waals surface area (Å²) in [5.41, 5.74) is 0.440. The minimum atomic E-state index is 0.440. The Bertz CT molecular complexity index is 243. The van der Waals surface area contributed by atoms with E-state index >= 15 is 0 Å². The number of likely N-dealkylation sites (tertiary alicyclic amines) is 1. The number of nitrogens with zero attached hydrogens (tertiary/aromatic N) is 1. The molecule has 1 N–H and O–H groups in total. The second kappa shape index (κ2) is 7.61.